The summed E-state index contributed by atoms with van der Waals surface area (Å²) in [6.45, 7) is 11.1. The van der Waals surface area contributed by atoms with Crippen LogP contribution in [-0.2, 0) is 0 Å². The van der Waals surface area contributed by atoms with Gasteiger partial charge in [-0.05, 0) is 78.3 Å². The van der Waals surface area contributed by atoms with Crippen molar-refractivity contribution < 1.29 is 14.6 Å². The van der Waals surface area contributed by atoms with Crippen LogP contribution in [-0.4, -0.2) is 17.7 Å². The molecule has 0 aromatic heterocycles. The number of aromatic carboxylic acids is 1. The number of rotatable bonds is 6. The number of hydrogen-bond acceptors (Lipinski definition) is 2. The molecule has 0 bridgehead atoms. The highest BCUT2D eigenvalue weighted by atomic mass is 16.5. The second-order valence-electron chi connectivity index (χ2n) is 6.55. The van der Waals surface area contributed by atoms with E-state index in [1.54, 1.807) is 12.1 Å². The highest BCUT2D eigenvalue weighted by molar-refractivity contribution is 5.89. The van der Waals surface area contributed by atoms with Gasteiger partial charge in [-0.25, -0.2) is 4.79 Å². The molecule has 3 nitrogen and oxygen atoms in total. The van der Waals surface area contributed by atoms with Gasteiger partial charge in [0.2, 0.25) is 0 Å². The predicted molar refractivity (Wildman–Crippen MR) is 98.2 cm³/mol. The number of hydrogen-bond donors (Lipinski definition) is 1. The maximum atomic E-state index is 11.3. The molecule has 0 spiro atoms. The second-order valence-corrected chi connectivity index (χ2v) is 6.55. The summed E-state index contributed by atoms with van der Waals surface area (Å²) >= 11 is 0. The summed E-state index contributed by atoms with van der Waals surface area (Å²) in [5, 5.41) is 9.24. The maximum absolute atomic E-state index is 11.3. The lowest BCUT2D eigenvalue weighted by molar-refractivity contribution is 0.0697. The van der Waals surface area contributed by atoms with Crippen molar-refractivity contribution >= 4 is 5.97 Å². The molecule has 1 N–H and O–H groups in total. The lowest BCUT2D eigenvalue weighted by Crippen LogP contribution is -2.02. The number of aryl methyl sites for hydroxylation is 2. The minimum absolute atomic E-state index is 0.246. The minimum atomic E-state index is -0.890. The first-order valence-corrected chi connectivity index (χ1v) is 8.46. The summed E-state index contributed by atoms with van der Waals surface area (Å²) in [6, 6.07) is 9.63. The summed E-state index contributed by atoms with van der Waals surface area (Å²) < 4.78 is 5.86. The zero-order valence-electron chi connectivity index (χ0n) is 15.1. The predicted octanol–water partition coefficient (Wildman–Crippen LogP) is 5.58. The van der Waals surface area contributed by atoms with Gasteiger partial charge in [0, 0.05) is 0 Å². The molecule has 0 aliphatic carbocycles. The Kier molecular flexibility index (Phi) is 5.66. The molecule has 0 atom stereocenters. The maximum Gasteiger partial charge on any atom is 0.335 e. The van der Waals surface area contributed by atoms with Gasteiger partial charge in [0.1, 0.15) is 5.75 Å². The van der Waals surface area contributed by atoms with E-state index in [1.807, 2.05) is 6.07 Å². The molecule has 0 fully saturated rings. The fourth-order valence-corrected chi connectivity index (χ4v) is 2.97. The molecule has 2 aromatic rings. The first-order valence-electron chi connectivity index (χ1n) is 8.46. The van der Waals surface area contributed by atoms with Gasteiger partial charge in [-0.2, -0.15) is 0 Å². The minimum Gasteiger partial charge on any atom is -0.493 e. The Bertz CT molecular complexity index is 722. The van der Waals surface area contributed by atoms with Crippen molar-refractivity contribution in [3.05, 3.63) is 52.6 Å². The SMILES string of the molecule is CCCOc1c(C)cc(-c2ccc(C(=O)O)cc2C(C)C)cc1C. The van der Waals surface area contributed by atoms with Crippen LogP contribution in [0.2, 0.25) is 0 Å². The van der Waals surface area contributed by atoms with Crippen molar-refractivity contribution in [3.63, 3.8) is 0 Å². The number of benzene rings is 2. The van der Waals surface area contributed by atoms with Crippen LogP contribution in [0.5, 0.6) is 5.75 Å². The fourth-order valence-electron chi connectivity index (χ4n) is 2.97. The van der Waals surface area contributed by atoms with Gasteiger partial charge >= 0.3 is 5.97 Å². The van der Waals surface area contributed by atoms with E-state index < -0.39 is 5.97 Å². The second kappa shape index (κ2) is 7.52. The Labute approximate surface area is 144 Å². The average molecular weight is 326 g/mol. The van der Waals surface area contributed by atoms with Crippen molar-refractivity contribution in [3.8, 4) is 16.9 Å². The molecule has 0 heterocycles. The van der Waals surface area contributed by atoms with Crippen LogP contribution in [0.3, 0.4) is 0 Å². The average Bonchev–Trinajstić information content (AvgIpc) is 2.53. The molecule has 0 aliphatic rings. The van der Waals surface area contributed by atoms with Gasteiger partial charge in [-0.15, -0.1) is 0 Å². The van der Waals surface area contributed by atoms with Crippen molar-refractivity contribution in [2.24, 2.45) is 0 Å². The fraction of sp³-hybridized carbons (Fsp3) is 0.381. The largest absolute Gasteiger partial charge is 0.493 e. The Balaban J connectivity index is 2.54. The molecule has 0 saturated heterocycles. The van der Waals surface area contributed by atoms with E-state index in [0.717, 1.165) is 40.0 Å². The quantitative estimate of drug-likeness (QED) is 0.753. The first-order chi connectivity index (χ1) is 11.3. The van der Waals surface area contributed by atoms with Crippen LogP contribution in [0, 0.1) is 13.8 Å². The van der Waals surface area contributed by atoms with Crippen LogP contribution in [0.4, 0.5) is 0 Å². The summed E-state index contributed by atoms with van der Waals surface area (Å²) in [6.07, 6.45) is 0.981. The molecule has 3 heteroatoms. The van der Waals surface area contributed by atoms with Gasteiger partial charge < -0.3 is 9.84 Å². The Morgan fingerprint density at radius 1 is 1.12 bits per heavy atom. The summed E-state index contributed by atoms with van der Waals surface area (Å²) in [4.78, 5) is 11.3. The topological polar surface area (TPSA) is 46.5 Å². The van der Waals surface area contributed by atoms with Crippen LogP contribution >= 0.6 is 0 Å². The van der Waals surface area contributed by atoms with Gasteiger partial charge in [0.25, 0.3) is 0 Å². The van der Waals surface area contributed by atoms with Gasteiger partial charge in [0.05, 0.1) is 12.2 Å². The zero-order chi connectivity index (χ0) is 17.9. The number of carboxylic acids is 1. The molecule has 0 amide bonds. The van der Waals surface area contributed by atoms with Crippen LogP contribution < -0.4 is 4.74 Å². The Morgan fingerprint density at radius 3 is 2.25 bits per heavy atom. The number of carboxylic acid groups (broad SMARTS) is 1. The third-order valence-electron chi connectivity index (χ3n) is 4.14. The summed E-state index contributed by atoms with van der Waals surface area (Å²) in [7, 11) is 0. The number of ether oxygens (including phenoxy) is 1. The van der Waals surface area contributed by atoms with Crippen molar-refractivity contribution in [1.29, 1.82) is 0 Å². The molecule has 0 unspecified atom stereocenters. The van der Waals surface area contributed by atoms with Crippen LogP contribution in [0.1, 0.15) is 60.2 Å². The molecule has 0 saturated carbocycles. The third-order valence-corrected chi connectivity index (χ3v) is 4.14. The van der Waals surface area contributed by atoms with Crippen molar-refractivity contribution in [1.82, 2.24) is 0 Å². The molecular formula is C21H26O3. The smallest absolute Gasteiger partial charge is 0.335 e. The van der Waals surface area contributed by atoms with E-state index in [-0.39, 0.29) is 5.92 Å². The summed E-state index contributed by atoms with van der Waals surface area (Å²) in [5.41, 5.74) is 5.79. The van der Waals surface area contributed by atoms with Gasteiger partial charge in [-0.3, -0.25) is 0 Å². The van der Waals surface area contributed by atoms with E-state index in [0.29, 0.717) is 12.2 Å². The van der Waals surface area contributed by atoms with E-state index in [4.69, 9.17) is 4.74 Å². The Hall–Kier alpha value is -2.29. The number of carbonyl (C=O) groups is 1. The lowest BCUT2D eigenvalue weighted by Gasteiger charge is -2.17. The Morgan fingerprint density at radius 2 is 1.75 bits per heavy atom. The van der Waals surface area contributed by atoms with Crippen molar-refractivity contribution in [2.45, 2.75) is 47.0 Å². The van der Waals surface area contributed by atoms with E-state index in [9.17, 15) is 9.90 Å². The normalized spacial score (nSPS) is 10.9. The monoisotopic (exact) mass is 326 g/mol. The first kappa shape index (κ1) is 18.1. The molecule has 0 aliphatic heterocycles. The van der Waals surface area contributed by atoms with Gasteiger partial charge in [-0.1, -0.05) is 26.8 Å². The molecule has 2 rings (SSSR count). The molecule has 128 valence electrons. The summed E-state index contributed by atoms with van der Waals surface area (Å²) in [5.74, 6) is 0.309. The molecule has 0 radical (unpaired) electrons. The van der Waals surface area contributed by atoms with E-state index >= 15 is 0 Å². The highest BCUT2D eigenvalue weighted by Gasteiger charge is 2.15. The zero-order valence-corrected chi connectivity index (χ0v) is 15.1. The van der Waals surface area contributed by atoms with E-state index in [1.165, 1.54) is 0 Å². The lowest BCUT2D eigenvalue weighted by atomic mass is 9.89. The highest BCUT2D eigenvalue weighted by Crippen LogP contribution is 2.35. The molecular weight excluding hydrogens is 300 g/mol. The van der Waals surface area contributed by atoms with E-state index in [2.05, 4.69) is 46.8 Å². The molecule has 2 aromatic carbocycles. The third kappa shape index (κ3) is 3.78. The van der Waals surface area contributed by atoms with Crippen molar-refractivity contribution in [2.75, 3.05) is 6.61 Å². The standard InChI is InChI=1S/C21H26O3/c1-6-9-24-20-14(4)10-17(11-15(20)5)18-8-7-16(21(22)23)12-19(18)13(2)3/h7-8,10-13H,6,9H2,1-5H3,(H,22,23). The van der Waals surface area contributed by atoms with Crippen LogP contribution in [0.15, 0.2) is 30.3 Å². The van der Waals surface area contributed by atoms with Crippen LogP contribution in [0.25, 0.3) is 11.1 Å². The van der Waals surface area contributed by atoms with Gasteiger partial charge in [0.15, 0.2) is 0 Å². The molecule has 24 heavy (non-hydrogen) atoms.